The minimum absolute atomic E-state index is 0.0688. The highest BCUT2D eigenvalue weighted by molar-refractivity contribution is 5.71. The molecule has 0 radical (unpaired) electrons. The summed E-state index contributed by atoms with van der Waals surface area (Å²) < 4.78 is 16.7. The maximum atomic E-state index is 12.7. The van der Waals surface area contributed by atoms with Crippen LogP contribution in [0.25, 0.3) is 0 Å². The molecule has 6 heteroatoms. The zero-order chi connectivity index (χ0) is 40.8. The van der Waals surface area contributed by atoms with Crippen molar-refractivity contribution in [2.24, 2.45) is 0 Å². The molecule has 0 aliphatic carbocycles. The molecule has 0 aliphatic heterocycles. The normalized spacial score (nSPS) is 12.0. The number of rotatable bonds is 45. The van der Waals surface area contributed by atoms with E-state index in [1.54, 1.807) is 0 Å². The molecule has 0 spiro atoms. The summed E-state index contributed by atoms with van der Waals surface area (Å²) >= 11 is 0. The Morgan fingerprint density at radius 3 is 0.929 bits per heavy atom. The van der Waals surface area contributed by atoms with E-state index in [0.717, 1.165) is 64.2 Å². The minimum Gasteiger partial charge on any atom is -0.462 e. The molecule has 0 saturated heterocycles. The zero-order valence-electron chi connectivity index (χ0n) is 37.7. The molecule has 1 unspecified atom stereocenters. The summed E-state index contributed by atoms with van der Waals surface area (Å²) in [5.41, 5.74) is 0. The molecule has 0 aromatic carbocycles. The van der Waals surface area contributed by atoms with Crippen molar-refractivity contribution >= 4 is 17.9 Å². The zero-order valence-corrected chi connectivity index (χ0v) is 37.7. The highest BCUT2D eigenvalue weighted by atomic mass is 16.6. The predicted octanol–water partition coefficient (Wildman–Crippen LogP) is 15.8. The van der Waals surface area contributed by atoms with Crippen molar-refractivity contribution in [3.05, 3.63) is 12.2 Å². The van der Waals surface area contributed by atoms with Gasteiger partial charge in [0.05, 0.1) is 0 Å². The molecule has 0 heterocycles. The summed E-state index contributed by atoms with van der Waals surface area (Å²) in [5, 5.41) is 0. The van der Waals surface area contributed by atoms with E-state index in [2.05, 4.69) is 32.9 Å². The van der Waals surface area contributed by atoms with Crippen molar-refractivity contribution in [3.63, 3.8) is 0 Å². The SMILES string of the molecule is CCCCC/C=C\CCCCCCCC(=O)OC(COC(=O)CCCCCCCCCC)COC(=O)CCCCCCCCCCCCCCCCCCCC. The van der Waals surface area contributed by atoms with E-state index in [-0.39, 0.29) is 31.1 Å². The van der Waals surface area contributed by atoms with Crippen molar-refractivity contribution in [1.29, 1.82) is 0 Å². The third-order valence-electron chi connectivity index (χ3n) is 11.0. The topological polar surface area (TPSA) is 78.9 Å². The first kappa shape index (κ1) is 54.2. The number of ether oxygens (including phenoxy) is 3. The summed E-state index contributed by atoms with van der Waals surface area (Å²) in [6.07, 6.45) is 49.2. The second kappa shape index (κ2) is 45.8. The fraction of sp³-hybridized carbons (Fsp3) is 0.900. The fourth-order valence-electron chi connectivity index (χ4n) is 7.26. The van der Waals surface area contributed by atoms with Gasteiger partial charge < -0.3 is 14.2 Å². The maximum Gasteiger partial charge on any atom is 0.306 e. The van der Waals surface area contributed by atoms with Crippen molar-refractivity contribution in [2.75, 3.05) is 13.2 Å². The number of carbonyl (C=O) groups is 3. The first-order chi connectivity index (χ1) is 27.5. The molecule has 330 valence electrons. The van der Waals surface area contributed by atoms with Crippen LogP contribution in [0.3, 0.4) is 0 Å². The van der Waals surface area contributed by atoms with E-state index < -0.39 is 6.10 Å². The Hall–Kier alpha value is -1.85. The lowest BCUT2D eigenvalue weighted by Crippen LogP contribution is -2.30. The Balaban J connectivity index is 4.23. The summed E-state index contributed by atoms with van der Waals surface area (Å²) in [6.45, 7) is 6.60. The first-order valence-corrected chi connectivity index (χ1v) is 24.7. The van der Waals surface area contributed by atoms with E-state index in [9.17, 15) is 14.4 Å². The van der Waals surface area contributed by atoms with Crippen molar-refractivity contribution in [1.82, 2.24) is 0 Å². The van der Waals surface area contributed by atoms with E-state index in [0.29, 0.717) is 19.3 Å². The number of carbonyl (C=O) groups excluding carboxylic acids is 3. The first-order valence-electron chi connectivity index (χ1n) is 24.7. The smallest absolute Gasteiger partial charge is 0.306 e. The summed E-state index contributed by atoms with van der Waals surface area (Å²) in [6, 6.07) is 0. The molecule has 0 aromatic heterocycles. The number of esters is 3. The summed E-state index contributed by atoms with van der Waals surface area (Å²) in [4.78, 5) is 37.7. The van der Waals surface area contributed by atoms with Crippen LogP contribution < -0.4 is 0 Å². The average Bonchev–Trinajstić information content (AvgIpc) is 3.19. The lowest BCUT2D eigenvalue weighted by molar-refractivity contribution is -0.167. The number of hydrogen-bond acceptors (Lipinski definition) is 6. The van der Waals surface area contributed by atoms with Crippen molar-refractivity contribution < 1.29 is 28.6 Å². The van der Waals surface area contributed by atoms with Gasteiger partial charge in [-0.05, 0) is 44.9 Å². The summed E-state index contributed by atoms with van der Waals surface area (Å²) in [7, 11) is 0. The van der Waals surface area contributed by atoms with Gasteiger partial charge in [-0.1, -0.05) is 219 Å². The Bertz CT molecular complexity index is 870. The predicted molar refractivity (Wildman–Crippen MR) is 238 cm³/mol. The quantitative estimate of drug-likeness (QED) is 0.0264. The molecule has 0 saturated carbocycles. The van der Waals surface area contributed by atoms with Crippen LogP contribution in [0, 0.1) is 0 Å². The third-order valence-corrected chi connectivity index (χ3v) is 11.0. The molecule has 0 aliphatic rings. The fourth-order valence-corrected chi connectivity index (χ4v) is 7.26. The second-order valence-electron chi connectivity index (χ2n) is 16.7. The van der Waals surface area contributed by atoms with E-state index >= 15 is 0 Å². The van der Waals surface area contributed by atoms with E-state index in [1.807, 2.05) is 0 Å². The molecule has 6 nitrogen and oxygen atoms in total. The summed E-state index contributed by atoms with van der Waals surface area (Å²) in [5.74, 6) is -0.870. The molecule has 0 N–H and O–H groups in total. The van der Waals surface area contributed by atoms with Crippen LogP contribution in [-0.2, 0) is 28.6 Å². The monoisotopic (exact) mass is 791 g/mol. The highest BCUT2D eigenvalue weighted by Crippen LogP contribution is 2.16. The Morgan fingerprint density at radius 1 is 0.339 bits per heavy atom. The van der Waals surface area contributed by atoms with Gasteiger partial charge in [0.15, 0.2) is 6.10 Å². The molecular formula is C50H94O6. The standard InChI is InChI=1S/C50H94O6/c1-4-7-10-13-16-19-21-23-24-25-26-27-28-30-31-34-37-40-43-49(52)55-46-47(45-54-48(51)42-39-36-33-18-15-12-9-6-3)56-50(53)44-41-38-35-32-29-22-20-17-14-11-8-5-2/h17,20,47H,4-16,18-19,21-46H2,1-3H3/b20-17-. The Morgan fingerprint density at radius 2 is 0.589 bits per heavy atom. The molecule has 0 rings (SSSR count). The van der Waals surface area contributed by atoms with E-state index in [4.69, 9.17) is 14.2 Å². The van der Waals surface area contributed by atoms with Gasteiger partial charge in [0, 0.05) is 19.3 Å². The number of hydrogen-bond donors (Lipinski definition) is 0. The second-order valence-corrected chi connectivity index (χ2v) is 16.7. The van der Waals surface area contributed by atoms with Gasteiger partial charge in [0.25, 0.3) is 0 Å². The third kappa shape index (κ3) is 43.3. The van der Waals surface area contributed by atoms with Gasteiger partial charge in [0.2, 0.25) is 0 Å². The van der Waals surface area contributed by atoms with Gasteiger partial charge in [-0.3, -0.25) is 14.4 Å². The van der Waals surface area contributed by atoms with Gasteiger partial charge in [-0.15, -0.1) is 0 Å². The number of unbranched alkanes of at least 4 members (excludes halogenated alkanes) is 32. The molecule has 1 atom stereocenters. The Kier molecular flexibility index (Phi) is 44.3. The molecule has 56 heavy (non-hydrogen) atoms. The van der Waals surface area contributed by atoms with Crippen molar-refractivity contribution in [2.45, 2.75) is 277 Å². The van der Waals surface area contributed by atoms with Crippen LogP contribution in [0.4, 0.5) is 0 Å². The molecule has 0 bridgehead atoms. The number of allylic oxidation sites excluding steroid dienone is 2. The largest absolute Gasteiger partial charge is 0.462 e. The molecular weight excluding hydrogens is 697 g/mol. The van der Waals surface area contributed by atoms with Crippen LogP contribution in [0.15, 0.2) is 12.2 Å². The molecule has 0 fully saturated rings. The lowest BCUT2D eigenvalue weighted by Gasteiger charge is -2.18. The van der Waals surface area contributed by atoms with Gasteiger partial charge >= 0.3 is 17.9 Å². The van der Waals surface area contributed by atoms with Gasteiger partial charge in [-0.2, -0.15) is 0 Å². The Labute approximate surface area is 348 Å². The lowest BCUT2D eigenvalue weighted by atomic mass is 10.0. The highest BCUT2D eigenvalue weighted by Gasteiger charge is 2.19. The van der Waals surface area contributed by atoms with E-state index in [1.165, 1.54) is 167 Å². The van der Waals surface area contributed by atoms with Crippen molar-refractivity contribution in [3.8, 4) is 0 Å². The average molecular weight is 791 g/mol. The van der Waals surface area contributed by atoms with Gasteiger partial charge in [0.1, 0.15) is 13.2 Å². The molecule has 0 amide bonds. The van der Waals surface area contributed by atoms with Crippen LogP contribution in [-0.4, -0.2) is 37.2 Å². The minimum atomic E-state index is -0.765. The van der Waals surface area contributed by atoms with Crippen LogP contribution in [0.1, 0.15) is 271 Å². The molecule has 0 aromatic rings. The van der Waals surface area contributed by atoms with Crippen LogP contribution in [0.5, 0.6) is 0 Å². The maximum absolute atomic E-state index is 12.7. The van der Waals surface area contributed by atoms with Crippen LogP contribution >= 0.6 is 0 Å². The van der Waals surface area contributed by atoms with Crippen LogP contribution in [0.2, 0.25) is 0 Å². The van der Waals surface area contributed by atoms with Gasteiger partial charge in [-0.25, -0.2) is 0 Å².